The molecule has 92 heavy (non-hydrogen) atoms. The van der Waals surface area contributed by atoms with Crippen LogP contribution < -0.4 is 0 Å². The van der Waals surface area contributed by atoms with Gasteiger partial charge in [0.05, 0.1) is 32.8 Å². The van der Waals surface area contributed by atoms with Crippen LogP contribution in [-0.2, 0) is 65.4 Å². The summed E-state index contributed by atoms with van der Waals surface area (Å²) >= 11 is 0. The van der Waals surface area contributed by atoms with E-state index in [0.29, 0.717) is 25.7 Å². The van der Waals surface area contributed by atoms with Crippen LogP contribution in [0.2, 0.25) is 0 Å². The maximum Gasteiger partial charge on any atom is 0.472 e. The van der Waals surface area contributed by atoms with Crippen LogP contribution in [0.4, 0.5) is 0 Å². The Morgan fingerprint density at radius 3 is 1.03 bits per heavy atom. The van der Waals surface area contributed by atoms with Crippen molar-refractivity contribution in [3.05, 3.63) is 97.2 Å². The summed E-state index contributed by atoms with van der Waals surface area (Å²) in [7, 11) is -9.96. The van der Waals surface area contributed by atoms with Gasteiger partial charge in [-0.1, -0.05) is 253 Å². The molecule has 0 amide bonds. The minimum absolute atomic E-state index is 0.0693. The first-order chi connectivity index (χ1) is 44.7. The lowest BCUT2D eigenvalue weighted by Crippen LogP contribution is -2.30. The van der Waals surface area contributed by atoms with Crippen LogP contribution >= 0.6 is 15.6 Å². The van der Waals surface area contributed by atoms with Gasteiger partial charge in [0.15, 0.2) is 12.2 Å². The van der Waals surface area contributed by atoms with E-state index in [4.69, 9.17) is 37.0 Å². The number of carbonyl (C=O) groups is 4. The summed E-state index contributed by atoms with van der Waals surface area (Å²) in [5, 5.41) is 10.6. The number of carbonyl (C=O) groups excluding carboxylic acids is 4. The van der Waals surface area contributed by atoms with E-state index < -0.39 is 97.5 Å². The van der Waals surface area contributed by atoms with Crippen molar-refractivity contribution < 1.29 is 80.2 Å². The highest BCUT2D eigenvalue weighted by atomic mass is 31.2. The molecule has 530 valence electrons. The van der Waals surface area contributed by atoms with E-state index in [-0.39, 0.29) is 25.7 Å². The zero-order chi connectivity index (χ0) is 67.5. The van der Waals surface area contributed by atoms with Gasteiger partial charge in [-0.3, -0.25) is 37.3 Å². The van der Waals surface area contributed by atoms with Crippen molar-refractivity contribution in [3.63, 3.8) is 0 Å². The third kappa shape index (κ3) is 64.7. The smallest absolute Gasteiger partial charge is 0.462 e. The minimum Gasteiger partial charge on any atom is -0.462 e. The van der Waals surface area contributed by atoms with Gasteiger partial charge >= 0.3 is 39.5 Å². The molecular formula is C73H126O17P2. The van der Waals surface area contributed by atoms with Crippen molar-refractivity contribution in [1.82, 2.24) is 0 Å². The summed E-state index contributed by atoms with van der Waals surface area (Å²) in [6.07, 6.45) is 66.0. The molecule has 0 saturated carbocycles. The maximum absolute atomic E-state index is 13.0. The molecule has 0 spiro atoms. The van der Waals surface area contributed by atoms with E-state index in [9.17, 15) is 43.2 Å². The van der Waals surface area contributed by atoms with Crippen LogP contribution in [0.3, 0.4) is 0 Å². The summed E-state index contributed by atoms with van der Waals surface area (Å²) < 4.78 is 68.0. The van der Waals surface area contributed by atoms with E-state index in [2.05, 4.69) is 101 Å². The molecule has 0 aliphatic heterocycles. The van der Waals surface area contributed by atoms with Gasteiger partial charge in [0.1, 0.15) is 19.3 Å². The molecule has 17 nitrogen and oxygen atoms in total. The van der Waals surface area contributed by atoms with Gasteiger partial charge in [-0.15, -0.1) is 0 Å². The quantitative estimate of drug-likeness (QED) is 0.0169. The lowest BCUT2D eigenvalue weighted by atomic mass is 10.1. The number of phosphoric acid groups is 2. The normalized spacial score (nSPS) is 14.6. The molecule has 0 rings (SSSR count). The third-order valence-electron chi connectivity index (χ3n) is 14.6. The zero-order valence-corrected chi connectivity index (χ0v) is 59.2. The lowest BCUT2D eigenvalue weighted by molar-refractivity contribution is -0.161. The molecule has 0 aromatic carbocycles. The molecule has 5 atom stereocenters. The number of hydrogen-bond donors (Lipinski definition) is 3. The predicted molar refractivity (Wildman–Crippen MR) is 372 cm³/mol. The fourth-order valence-electron chi connectivity index (χ4n) is 9.13. The summed E-state index contributed by atoms with van der Waals surface area (Å²) in [6, 6.07) is 0. The predicted octanol–water partition coefficient (Wildman–Crippen LogP) is 19.7. The Bertz CT molecular complexity index is 2130. The third-order valence-corrected chi connectivity index (χ3v) is 16.5. The first-order valence-corrected chi connectivity index (χ1v) is 38.5. The zero-order valence-electron chi connectivity index (χ0n) is 57.4. The molecule has 0 aliphatic rings. The number of aliphatic hydroxyl groups is 1. The summed E-state index contributed by atoms with van der Waals surface area (Å²) in [5.74, 6) is -2.34. The van der Waals surface area contributed by atoms with Gasteiger partial charge in [0.2, 0.25) is 0 Å². The highest BCUT2D eigenvalue weighted by molar-refractivity contribution is 7.47. The fourth-order valence-corrected chi connectivity index (χ4v) is 10.7. The van der Waals surface area contributed by atoms with Crippen molar-refractivity contribution in [1.29, 1.82) is 0 Å². The molecule has 5 unspecified atom stereocenters. The van der Waals surface area contributed by atoms with Gasteiger partial charge in [-0.05, 0) is 103 Å². The van der Waals surface area contributed by atoms with E-state index in [1.54, 1.807) is 6.08 Å². The Kier molecular flexibility index (Phi) is 62.8. The van der Waals surface area contributed by atoms with Crippen LogP contribution in [0.1, 0.15) is 285 Å². The highest BCUT2D eigenvalue weighted by Gasteiger charge is 2.30. The van der Waals surface area contributed by atoms with Gasteiger partial charge in [-0.25, -0.2) is 9.13 Å². The average Bonchev–Trinajstić information content (AvgIpc) is 2.55. The molecule has 0 aliphatic carbocycles. The molecule has 0 aromatic heterocycles. The van der Waals surface area contributed by atoms with Crippen molar-refractivity contribution in [2.45, 2.75) is 303 Å². The summed E-state index contributed by atoms with van der Waals surface area (Å²) in [4.78, 5) is 72.4. The van der Waals surface area contributed by atoms with Gasteiger partial charge < -0.3 is 33.8 Å². The second-order valence-corrected chi connectivity index (χ2v) is 26.4. The monoisotopic (exact) mass is 1340 g/mol. The Morgan fingerprint density at radius 1 is 0.326 bits per heavy atom. The van der Waals surface area contributed by atoms with E-state index >= 15 is 0 Å². The van der Waals surface area contributed by atoms with Crippen molar-refractivity contribution in [3.8, 4) is 0 Å². The molecular weight excluding hydrogens is 1210 g/mol. The second kappa shape index (κ2) is 65.6. The molecule has 0 aromatic rings. The van der Waals surface area contributed by atoms with Gasteiger partial charge in [0.25, 0.3) is 0 Å². The van der Waals surface area contributed by atoms with E-state index in [0.717, 1.165) is 135 Å². The van der Waals surface area contributed by atoms with Crippen LogP contribution in [-0.4, -0.2) is 96.7 Å². The molecule has 0 radical (unpaired) electrons. The molecule has 3 N–H and O–H groups in total. The Hall–Kier alpha value is -4.02. The molecule has 0 heterocycles. The van der Waals surface area contributed by atoms with Gasteiger partial charge in [0, 0.05) is 19.3 Å². The molecule has 19 heteroatoms. The topological polar surface area (TPSA) is 237 Å². The highest BCUT2D eigenvalue weighted by Crippen LogP contribution is 2.45. The largest absolute Gasteiger partial charge is 0.472 e. The Labute approximate surface area is 557 Å². The lowest BCUT2D eigenvalue weighted by Gasteiger charge is -2.21. The van der Waals surface area contributed by atoms with Crippen LogP contribution in [0.15, 0.2) is 97.2 Å². The first kappa shape index (κ1) is 88.0. The van der Waals surface area contributed by atoms with E-state index in [1.807, 2.05) is 18.2 Å². The van der Waals surface area contributed by atoms with Crippen LogP contribution in [0.5, 0.6) is 0 Å². The number of allylic oxidation sites excluding steroid dienone is 15. The Morgan fingerprint density at radius 2 is 0.620 bits per heavy atom. The van der Waals surface area contributed by atoms with Crippen LogP contribution in [0.25, 0.3) is 0 Å². The second-order valence-electron chi connectivity index (χ2n) is 23.5. The number of hydrogen-bond acceptors (Lipinski definition) is 15. The average molecular weight is 1340 g/mol. The maximum atomic E-state index is 13.0. The van der Waals surface area contributed by atoms with E-state index in [1.165, 1.54) is 70.6 Å². The van der Waals surface area contributed by atoms with Crippen molar-refractivity contribution >= 4 is 39.5 Å². The summed E-state index contributed by atoms with van der Waals surface area (Å²) in [5.41, 5.74) is 0. The van der Waals surface area contributed by atoms with Crippen LogP contribution in [0, 0.1) is 0 Å². The number of unbranched alkanes of at least 4 members (excludes halogenated alkanes) is 25. The van der Waals surface area contributed by atoms with Crippen molar-refractivity contribution in [2.24, 2.45) is 0 Å². The SMILES string of the molecule is CC/C=C\C/C=C\C/C=C\C/C=C\C/C=C\CC(=O)OCC(COP(=O)(O)OCC(O)COP(=O)(O)OCC(COC(=O)CCCCCCC/C=C\C/C=C\CCCCC)OC(=O)CCCCCCC/C=C\CCCC)OC(=O)CCCCCCCCCCCCC. The standard InChI is InChI=1S/C73H126O17P2/c1-5-9-13-17-21-25-29-31-33-35-39-41-45-49-53-57-70(75)83-63-68(89-72(77)59-55-51-47-43-37-27-23-19-15-11-7-3)65-87-91(79,80)85-61-67(74)62-86-92(81,82)88-66-69(90-73(78)60-56-52-48-44-38-28-24-20-16-12-8-4)64-84-71(76)58-54-50-46-42-40-36-34-32-30-26-22-18-14-10-6-2/h9,13,20-22,24-26,31-34,39,41,49,53,67-69,74H,5-8,10-12,14-19,23,27-30,35-38,40,42-48,50-52,54-66H2,1-4H3,(H,79,80)(H,81,82)/b13-9-,24-20-,25-21-,26-22-,33-31-,34-32-,41-39-,53-49-. The van der Waals surface area contributed by atoms with Crippen molar-refractivity contribution in [2.75, 3.05) is 39.6 Å². The number of esters is 4. The molecule has 0 fully saturated rings. The Balaban J connectivity index is 5.37. The molecule has 0 saturated heterocycles. The number of rotatable bonds is 66. The number of ether oxygens (including phenoxy) is 4. The molecule has 0 bridgehead atoms. The number of aliphatic hydroxyl groups excluding tert-OH is 1. The van der Waals surface area contributed by atoms with Gasteiger partial charge in [-0.2, -0.15) is 0 Å². The number of phosphoric ester groups is 2. The first-order valence-electron chi connectivity index (χ1n) is 35.5. The minimum atomic E-state index is -4.98. The fraction of sp³-hybridized carbons (Fsp3) is 0.726. The summed E-state index contributed by atoms with van der Waals surface area (Å²) in [6.45, 7) is 4.53.